The van der Waals surface area contributed by atoms with Crippen LogP contribution in [0.4, 0.5) is 19.0 Å². The summed E-state index contributed by atoms with van der Waals surface area (Å²) in [5.74, 6) is 0.0415. The van der Waals surface area contributed by atoms with Gasteiger partial charge in [-0.15, -0.1) is 0 Å². The molecule has 0 aliphatic carbocycles. The average Bonchev–Trinajstić information content (AvgIpc) is 2.62. The lowest BCUT2D eigenvalue weighted by Crippen LogP contribution is -2.23. The van der Waals surface area contributed by atoms with Crippen molar-refractivity contribution in [3.63, 3.8) is 0 Å². The van der Waals surface area contributed by atoms with Crippen molar-refractivity contribution in [1.29, 1.82) is 0 Å². The number of alkyl halides is 3. The van der Waals surface area contributed by atoms with Crippen LogP contribution in [-0.4, -0.2) is 9.55 Å². The van der Waals surface area contributed by atoms with Crippen molar-refractivity contribution in [2.45, 2.75) is 12.7 Å². The van der Waals surface area contributed by atoms with Gasteiger partial charge in [0, 0.05) is 29.6 Å². The van der Waals surface area contributed by atoms with Crippen molar-refractivity contribution in [1.82, 2.24) is 9.55 Å². The molecule has 0 radical (unpaired) electrons. The Hall–Kier alpha value is -2.80. The van der Waals surface area contributed by atoms with Gasteiger partial charge in [-0.25, -0.2) is 4.98 Å². The summed E-state index contributed by atoms with van der Waals surface area (Å²) in [5.41, 5.74) is -0.373. The molecule has 4 nitrogen and oxygen atoms in total. The van der Waals surface area contributed by atoms with Gasteiger partial charge in [-0.1, -0.05) is 29.8 Å². The predicted octanol–water partition coefficient (Wildman–Crippen LogP) is 4.52. The van der Waals surface area contributed by atoms with Crippen LogP contribution in [0.1, 0.15) is 11.1 Å². The molecule has 3 aromatic rings. The van der Waals surface area contributed by atoms with E-state index in [1.807, 2.05) is 0 Å². The number of hydrogen-bond acceptors (Lipinski definition) is 3. The molecule has 8 heteroatoms. The molecule has 26 heavy (non-hydrogen) atoms. The summed E-state index contributed by atoms with van der Waals surface area (Å²) in [6, 6.07) is 11.6. The Bertz CT molecular complexity index is 968. The maximum Gasteiger partial charge on any atom is 0.416 e. The van der Waals surface area contributed by atoms with Crippen LogP contribution in [0.2, 0.25) is 5.02 Å². The number of benzene rings is 2. The number of aromatic nitrogens is 2. The third kappa shape index (κ3) is 4.05. The summed E-state index contributed by atoms with van der Waals surface area (Å²) in [4.78, 5) is 16.5. The van der Waals surface area contributed by atoms with Crippen LogP contribution in [0.25, 0.3) is 5.69 Å². The van der Waals surface area contributed by atoms with E-state index in [0.717, 1.165) is 22.3 Å². The van der Waals surface area contributed by atoms with Crippen LogP contribution in [0.3, 0.4) is 0 Å². The van der Waals surface area contributed by atoms with Crippen LogP contribution in [0.5, 0.6) is 0 Å². The Labute approximate surface area is 151 Å². The molecule has 0 unspecified atom stereocenters. The molecule has 0 saturated carbocycles. The summed E-state index contributed by atoms with van der Waals surface area (Å²) >= 11 is 5.82. The molecule has 0 aliphatic rings. The highest BCUT2D eigenvalue weighted by atomic mass is 35.5. The van der Waals surface area contributed by atoms with Crippen LogP contribution in [0.15, 0.2) is 65.7 Å². The summed E-state index contributed by atoms with van der Waals surface area (Å²) < 4.78 is 39.8. The highest BCUT2D eigenvalue weighted by molar-refractivity contribution is 6.30. The summed E-state index contributed by atoms with van der Waals surface area (Å²) in [7, 11) is 0. The molecule has 134 valence electrons. The van der Waals surface area contributed by atoms with Crippen LogP contribution < -0.4 is 10.9 Å². The first-order valence-corrected chi connectivity index (χ1v) is 7.96. The minimum Gasteiger partial charge on any atom is -0.361 e. The number of anilines is 1. The van der Waals surface area contributed by atoms with Gasteiger partial charge >= 0.3 is 6.18 Å². The van der Waals surface area contributed by atoms with E-state index in [4.69, 9.17) is 11.6 Å². The zero-order valence-electron chi connectivity index (χ0n) is 13.3. The molecule has 0 spiro atoms. The first-order chi connectivity index (χ1) is 12.3. The van der Waals surface area contributed by atoms with Crippen LogP contribution in [-0.2, 0) is 12.7 Å². The van der Waals surface area contributed by atoms with E-state index < -0.39 is 17.3 Å². The van der Waals surface area contributed by atoms with Crippen LogP contribution in [0, 0.1) is 0 Å². The van der Waals surface area contributed by atoms with Gasteiger partial charge < -0.3 is 5.32 Å². The number of nitrogens with one attached hydrogen (secondary N) is 1. The van der Waals surface area contributed by atoms with E-state index in [9.17, 15) is 18.0 Å². The molecule has 0 bridgehead atoms. The normalized spacial score (nSPS) is 11.4. The summed E-state index contributed by atoms with van der Waals surface area (Å²) in [5, 5.41) is 3.49. The van der Waals surface area contributed by atoms with Crippen LogP contribution >= 0.6 is 11.6 Å². The second kappa shape index (κ2) is 7.21. The van der Waals surface area contributed by atoms with Crippen molar-refractivity contribution in [3.8, 4) is 5.69 Å². The van der Waals surface area contributed by atoms with Crippen molar-refractivity contribution in [2.24, 2.45) is 0 Å². The zero-order chi connectivity index (χ0) is 18.7. The molecule has 1 heterocycles. The maximum absolute atomic E-state index is 12.9. The Morgan fingerprint density at radius 2 is 1.85 bits per heavy atom. The first-order valence-electron chi connectivity index (χ1n) is 7.58. The molecule has 0 amide bonds. The standard InChI is InChI=1S/C18H13ClF3N3O/c19-14-6-4-12(5-7-14)11-24-16-17(26)25(9-8-23-16)15-3-1-2-13(10-15)18(20,21)22/h1-10H,11H2,(H,23,24). The second-order valence-electron chi connectivity index (χ2n) is 5.48. The predicted molar refractivity (Wildman–Crippen MR) is 93.6 cm³/mol. The molecule has 0 fully saturated rings. The minimum absolute atomic E-state index is 0.0415. The number of halogens is 4. The third-order valence-corrected chi connectivity index (χ3v) is 3.92. The molecule has 0 atom stereocenters. The average molecular weight is 380 g/mol. The van der Waals surface area contributed by atoms with E-state index in [1.165, 1.54) is 24.5 Å². The van der Waals surface area contributed by atoms with Crippen molar-refractivity contribution in [3.05, 3.63) is 87.4 Å². The van der Waals surface area contributed by atoms with Gasteiger partial charge in [-0.2, -0.15) is 13.2 Å². The molecule has 1 aromatic heterocycles. The summed E-state index contributed by atoms with van der Waals surface area (Å²) in [6.45, 7) is 0.325. The van der Waals surface area contributed by atoms with Gasteiger partial charge in [0.1, 0.15) is 0 Å². The molecule has 1 N–H and O–H groups in total. The monoisotopic (exact) mass is 379 g/mol. The van der Waals surface area contributed by atoms with Gasteiger partial charge in [0.15, 0.2) is 5.82 Å². The van der Waals surface area contributed by atoms with Gasteiger partial charge in [-0.05, 0) is 35.9 Å². The largest absolute Gasteiger partial charge is 0.416 e. The van der Waals surface area contributed by atoms with E-state index in [0.29, 0.717) is 11.6 Å². The van der Waals surface area contributed by atoms with E-state index in [-0.39, 0.29) is 11.5 Å². The topological polar surface area (TPSA) is 46.9 Å². The van der Waals surface area contributed by atoms with Gasteiger partial charge in [0.05, 0.1) is 5.56 Å². The van der Waals surface area contributed by atoms with Crippen molar-refractivity contribution < 1.29 is 13.2 Å². The lowest BCUT2D eigenvalue weighted by Gasteiger charge is -2.12. The highest BCUT2D eigenvalue weighted by Crippen LogP contribution is 2.30. The lowest BCUT2D eigenvalue weighted by atomic mass is 10.2. The molecule has 2 aromatic carbocycles. The van der Waals surface area contributed by atoms with Gasteiger partial charge in [0.2, 0.25) is 0 Å². The number of hydrogen-bond donors (Lipinski definition) is 1. The van der Waals surface area contributed by atoms with E-state index in [2.05, 4.69) is 10.3 Å². The molecular formula is C18H13ClF3N3O. The quantitative estimate of drug-likeness (QED) is 0.725. The maximum atomic E-state index is 12.9. The SMILES string of the molecule is O=c1c(NCc2ccc(Cl)cc2)nccn1-c1cccc(C(F)(F)F)c1. The Kier molecular flexibility index (Phi) is 4.99. The van der Waals surface area contributed by atoms with Crippen molar-refractivity contribution in [2.75, 3.05) is 5.32 Å². The Morgan fingerprint density at radius 3 is 2.54 bits per heavy atom. The smallest absolute Gasteiger partial charge is 0.361 e. The highest BCUT2D eigenvalue weighted by Gasteiger charge is 2.30. The van der Waals surface area contributed by atoms with Crippen molar-refractivity contribution >= 4 is 17.4 Å². The molecule has 0 saturated heterocycles. The van der Waals surface area contributed by atoms with E-state index >= 15 is 0 Å². The van der Waals surface area contributed by atoms with E-state index in [1.54, 1.807) is 24.3 Å². The molecule has 0 aliphatic heterocycles. The minimum atomic E-state index is -4.48. The Morgan fingerprint density at radius 1 is 1.12 bits per heavy atom. The molecular weight excluding hydrogens is 367 g/mol. The summed E-state index contributed by atoms with van der Waals surface area (Å²) in [6.07, 6.45) is -1.81. The fourth-order valence-corrected chi connectivity index (χ4v) is 2.48. The molecule has 3 rings (SSSR count). The zero-order valence-corrected chi connectivity index (χ0v) is 14.1. The number of rotatable bonds is 4. The first kappa shape index (κ1) is 18.0. The third-order valence-electron chi connectivity index (χ3n) is 3.67. The number of nitrogens with zero attached hydrogens (tertiary/aromatic N) is 2. The fraction of sp³-hybridized carbons (Fsp3) is 0.111. The second-order valence-corrected chi connectivity index (χ2v) is 5.92. The van der Waals surface area contributed by atoms with Gasteiger partial charge in [-0.3, -0.25) is 9.36 Å². The fourth-order valence-electron chi connectivity index (χ4n) is 2.36. The lowest BCUT2D eigenvalue weighted by molar-refractivity contribution is -0.137. The Balaban J connectivity index is 1.88. The van der Waals surface area contributed by atoms with Gasteiger partial charge in [0.25, 0.3) is 5.56 Å².